The molecule has 0 aromatic carbocycles. The van der Waals surface area contributed by atoms with Crippen LogP contribution in [0.25, 0.3) is 0 Å². The molecule has 0 radical (unpaired) electrons. The quantitative estimate of drug-likeness (QED) is 0.152. The number of carbonyl (C=O) groups is 1. The lowest BCUT2D eigenvalue weighted by molar-refractivity contribution is -0.110. The minimum absolute atomic E-state index is 0.164. The highest BCUT2D eigenvalue weighted by Crippen LogP contribution is 1.50. The van der Waals surface area contributed by atoms with E-state index in [0.717, 1.165) is 0 Å². The summed E-state index contributed by atoms with van der Waals surface area (Å²) in [5.74, 6) is 4.80. The van der Waals surface area contributed by atoms with Crippen LogP contribution in [0.1, 0.15) is 0 Å². The molecule has 5 nitrogen and oxygen atoms in total. The van der Waals surface area contributed by atoms with Gasteiger partial charge < -0.3 is 0 Å². The molecule has 1 amide bonds. The Bertz CT molecular complexity index is 94.0. The van der Waals surface area contributed by atoms with Gasteiger partial charge in [0, 0.05) is 0 Å². The topological polar surface area (TPSA) is 79.2 Å². The molecule has 0 aliphatic rings. The first-order valence-electron chi connectivity index (χ1n) is 1.77. The molecular weight excluding hydrogens is 128 g/mol. The normalized spacial score (nSPS) is 7.12. The van der Waals surface area contributed by atoms with Crippen molar-refractivity contribution in [3.05, 3.63) is 0 Å². The average Bonchev–Trinajstić information content (AvgIpc) is 1.83. The van der Waals surface area contributed by atoms with Crippen molar-refractivity contribution in [1.29, 1.82) is 0 Å². The van der Waals surface area contributed by atoms with Gasteiger partial charge in [-0.25, -0.2) is 5.84 Å². The van der Waals surface area contributed by atoms with E-state index in [0.29, 0.717) is 6.41 Å². The van der Waals surface area contributed by atoms with Crippen LogP contribution in [0.4, 0.5) is 0 Å². The maximum atomic E-state index is 9.52. The zero-order chi connectivity index (χ0) is 6.41. The predicted molar refractivity (Wildman–Crippen MR) is 32.3 cm³/mol. The first-order valence-corrected chi connectivity index (χ1v) is 2.18. The standard InChI is InChI=1S/C2H6N4OS/c3-5-2(8)6-4-1-7/h1H,3H2,(H,4,7)(H2,5,6,8). The molecule has 0 aliphatic heterocycles. The van der Waals surface area contributed by atoms with Crippen molar-refractivity contribution in [2.24, 2.45) is 5.84 Å². The number of carbonyl (C=O) groups excluding carboxylic acids is 1. The summed E-state index contributed by atoms with van der Waals surface area (Å²) in [6, 6.07) is 0. The van der Waals surface area contributed by atoms with Gasteiger partial charge in [-0.3, -0.25) is 21.1 Å². The molecule has 0 bridgehead atoms. The summed E-state index contributed by atoms with van der Waals surface area (Å²) in [5, 5.41) is 0.164. The second-order valence-corrected chi connectivity index (χ2v) is 1.27. The van der Waals surface area contributed by atoms with E-state index in [-0.39, 0.29) is 5.11 Å². The van der Waals surface area contributed by atoms with Crippen LogP contribution in [-0.2, 0) is 4.79 Å². The highest BCUT2D eigenvalue weighted by atomic mass is 32.1. The molecule has 46 valence electrons. The summed E-state index contributed by atoms with van der Waals surface area (Å²) in [4.78, 5) is 9.52. The first-order chi connectivity index (χ1) is 3.81. The van der Waals surface area contributed by atoms with Crippen molar-refractivity contribution in [1.82, 2.24) is 16.3 Å². The van der Waals surface area contributed by atoms with E-state index in [1.165, 1.54) is 0 Å². The molecule has 0 unspecified atom stereocenters. The average molecular weight is 134 g/mol. The fourth-order valence-corrected chi connectivity index (χ4v) is 0.190. The molecule has 6 heteroatoms. The number of nitrogens with two attached hydrogens (primary N) is 1. The Morgan fingerprint density at radius 3 is 2.75 bits per heavy atom. The lowest BCUT2D eigenvalue weighted by Gasteiger charge is -2.01. The summed E-state index contributed by atoms with van der Waals surface area (Å²) in [6.07, 6.45) is 0.448. The van der Waals surface area contributed by atoms with Crippen LogP contribution in [0.5, 0.6) is 0 Å². The Balaban J connectivity index is 3.11. The number of nitrogens with one attached hydrogen (secondary N) is 3. The van der Waals surface area contributed by atoms with Gasteiger partial charge in [0.25, 0.3) is 0 Å². The molecular formula is C2H6N4OS. The van der Waals surface area contributed by atoms with E-state index in [1.807, 2.05) is 0 Å². The van der Waals surface area contributed by atoms with Crippen LogP contribution in [0, 0.1) is 0 Å². The van der Waals surface area contributed by atoms with Crippen LogP contribution in [0.3, 0.4) is 0 Å². The maximum absolute atomic E-state index is 9.52. The maximum Gasteiger partial charge on any atom is 0.225 e. The third-order valence-corrected chi connectivity index (χ3v) is 0.596. The Hall–Kier alpha value is -0.880. The van der Waals surface area contributed by atoms with Gasteiger partial charge in [0.05, 0.1) is 0 Å². The number of amides is 1. The Morgan fingerprint density at radius 2 is 2.38 bits per heavy atom. The fraction of sp³-hybridized carbons (Fsp3) is 0. The molecule has 0 saturated carbocycles. The fourth-order valence-electron chi connectivity index (χ4n) is 0.131. The third kappa shape index (κ3) is 3.32. The summed E-state index contributed by atoms with van der Waals surface area (Å²) < 4.78 is 0. The minimum Gasteiger partial charge on any atom is -0.300 e. The van der Waals surface area contributed by atoms with Crippen LogP contribution in [0.15, 0.2) is 0 Å². The van der Waals surface area contributed by atoms with Crippen LogP contribution in [-0.4, -0.2) is 11.5 Å². The molecule has 8 heavy (non-hydrogen) atoms. The predicted octanol–water partition coefficient (Wildman–Crippen LogP) is -2.01. The van der Waals surface area contributed by atoms with Gasteiger partial charge >= 0.3 is 0 Å². The monoisotopic (exact) mass is 134 g/mol. The Labute approximate surface area is 51.6 Å². The van der Waals surface area contributed by atoms with Crippen molar-refractivity contribution in [3.63, 3.8) is 0 Å². The van der Waals surface area contributed by atoms with Crippen molar-refractivity contribution in [2.45, 2.75) is 0 Å². The molecule has 0 atom stereocenters. The molecule has 0 heterocycles. The molecule has 0 aromatic heterocycles. The van der Waals surface area contributed by atoms with Gasteiger partial charge in [-0.2, -0.15) is 0 Å². The highest BCUT2D eigenvalue weighted by Gasteiger charge is 1.82. The summed E-state index contributed by atoms with van der Waals surface area (Å²) in [7, 11) is 0. The largest absolute Gasteiger partial charge is 0.300 e. The molecule has 0 aromatic rings. The van der Waals surface area contributed by atoms with E-state index in [4.69, 9.17) is 5.84 Å². The number of hydrazine groups is 2. The lowest BCUT2D eigenvalue weighted by atomic mass is 11.1. The van der Waals surface area contributed by atoms with Gasteiger partial charge in [0.1, 0.15) is 0 Å². The van der Waals surface area contributed by atoms with Gasteiger partial charge in [-0.1, -0.05) is 0 Å². The molecule has 5 N–H and O–H groups in total. The summed E-state index contributed by atoms with van der Waals surface area (Å²) in [6.45, 7) is 0. The van der Waals surface area contributed by atoms with E-state index >= 15 is 0 Å². The lowest BCUT2D eigenvalue weighted by Crippen LogP contribution is -2.46. The van der Waals surface area contributed by atoms with Gasteiger partial charge in [-0.15, -0.1) is 0 Å². The molecule has 0 rings (SSSR count). The molecule has 0 fully saturated rings. The van der Waals surface area contributed by atoms with Gasteiger partial charge in [-0.05, 0) is 12.2 Å². The zero-order valence-corrected chi connectivity index (χ0v) is 4.79. The van der Waals surface area contributed by atoms with Gasteiger partial charge in [0.2, 0.25) is 6.41 Å². The zero-order valence-electron chi connectivity index (χ0n) is 3.97. The number of rotatable bonds is 2. The summed E-state index contributed by atoms with van der Waals surface area (Å²) in [5.41, 5.74) is 6.44. The smallest absolute Gasteiger partial charge is 0.225 e. The molecule has 0 spiro atoms. The third-order valence-electron chi connectivity index (χ3n) is 0.376. The van der Waals surface area contributed by atoms with Crippen molar-refractivity contribution in [2.75, 3.05) is 0 Å². The minimum atomic E-state index is 0.164. The van der Waals surface area contributed by atoms with Crippen molar-refractivity contribution < 1.29 is 4.79 Å². The highest BCUT2D eigenvalue weighted by molar-refractivity contribution is 7.80. The van der Waals surface area contributed by atoms with Crippen LogP contribution in [0.2, 0.25) is 0 Å². The van der Waals surface area contributed by atoms with Gasteiger partial charge in [0.15, 0.2) is 5.11 Å². The van der Waals surface area contributed by atoms with Crippen LogP contribution < -0.4 is 22.1 Å². The molecule has 0 saturated heterocycles. The number of hydrogen-bond donors (Lipinski definition) is 4. The first kappa shape index (κ1) is 7.12. The Kier molecular flexibility index (Phi) is 3.81. The van der Waals surface area contributed by atoms with E-state index in [1.54, 1.807) is 0 Å². The second-order valence-electron chi connectivity index (χ2n) is 0.861. The van der Waals surface area contributed by atoms with E-state index < -0.39 is 0 Å². The second kappa shape index (κ2) is 4.28. The van der Waals surface area contributed by atoms with Crippen molar-refractivity contribution in [3.8, 4) is 0 Å². The van der Waals surface area contributed by atoms with E-state index in [2.05, 4.69) is 28.5 Å². The Morgan fingerprint density at radius 1 is 1.75 bits per heavy atom. The van der Waals surface area contributed by atoms with Crippen molar-refractivity contribution >= 4 is 23.7 Å². The van der Waals surface area contributed by atoms with Crippen LogP contribution >= 0.6 is 12.2 Å². The van der Waals surface area contributed by atoms with E-state index in [9.17, 15) is 4.79 Å². The number of thiocarbonyl (C=S) groups is 1. The molecule has 0 aliphatic carbocycles. The number of hydrogen-bond acceptors (Lipinski definition) is 3. The SMILES string of the molecule is NNC(=S)NNC=O. The summed E-state index contributed by atoms with van der Waals surface area (Å²) >= 11 is 4.45.